The summed E-state index contributed by atoms with van der Waals surface area (Å²) in [5.41, 5.74) is 0. The van der Waals surface area contributed by atoms with Gasteiger partial charge in [0.15, 0.2) is 0 Å². The molecule has 6 heteroatoms. The van der Waals surface area contributed by atoms with Gasteiger partial charge in [-0.3, -0.25) is 4.90 Å². The van der Waals surface area contributed by atoms with Crippen molar-refractivity contribution in [2.24, 2.45) is 0 Å². The Morgan fingerprint density at radius 3 is 2.67 bits per heavy atom. The Morgan fingerprint density at radius 1 is 1.20 bits per heavy atom. The Labute approximate surface area is 96.2 Å². The summed E-state index contributed by atoms with van der Waals surface area (Å²) in [7, 11) is -3.21. The highest BCUT2D eigenvalue weighted by atomic mass is 35.5. The van der Waals surface area contributed by atoms with Crippen LogP contribution in [-0.2, 0) is 10.0 Å². The van der Waals surface area contributed by atoms with Crippen LogP contribution < -0.4 is 0 Å². The molecule has 2 rings (SSSR count). The van der Waals surface area contributed by atoms with E-state index in [2.05, 4.69) is 4.90 Å². The summed E-state index contributed by atoms with van der Waals surface area (Å²) < 4.78 is 24.9. The average Bonchev–Trinajstić information content (AvgIpc) is 2.55. The Balaban J connectivity index is 2.09. The Morgan fingerprint density at radius 2 is 1.93 bits per heavy atom. The molecule has 0 bridgehead atoms. The van der Waals surface area contributed by atoms with Crippen molar-refractivity contribution in [2.45, 2.75) is 25.3 Å². The summed E-state index contributed by atoms with van der Waals surface area (Å²) in [5, 5.41) is -0.292. The summed E-state index contributed by atoms with van der Waals surface area (Å²) in [6.45, 7) is 3.41. The molecule has 2 aliphatic rings. The van der Waals surface area contributed by atoms with Crippen molar-refractivity contribution in [1.82, 2.24) is 9.21 Å². The summed E-state index contributed by atoms with van der Waals surface area (Å²) in [6, 6.07) is 0.422. The van der Waals surface area contributed by atoms with Crippen LogP contribution in [0.25, 0.3) is 0 Å². The maximum atomic E-state index is 11.7. The first-order valence-corrected chi connectivity index (χ1v) is 7.56. The highest BCUT2D eigenvalue weighted by Crippen LogP contribution is 2.22. The van der Waals surface area contributed by atoms with Crippen LogP contribution >= 0.6 is 11.6 Å². The molecular weight excluding hydrogens is 236 g/mol. The second-order valence-corrected chi connectivity index (χ2v) is 6.82. The maximum absolute atomic E-state index is 11.7. The van der Waals surface area contributed by atoms with Gasteiger partial charge in [0.2, 0.25) is 10.0 Å². The van der Waals surface area contributed by atoms with E-state index in [9.17, 15) is 8.42 Å². The third-order valence-corrected chi connectivity index (χ3v) is 5.52. The highest BCUT2D eigenvalue weighted by molar-refractivity contribution is 7.90. The largest absolute Gasteiger partial charge is 0.299 e. The molecule has 1 atom stereocenters. The lowest BCUT2D eigenvalue weighted by atomic mass is 10.2. The lowest BCUT2D eigenvalue weighted by Gasteiger charge is -2.24. The number of rotatable bonds is 2. The lowest BCUT2D eigenvalue weighted by molar-refractivity contribution is 0.258. The van der Waals surface area contributed by atoms with E-state index in [1.165, 1.54) is 6.42 Å². The highest BCUT2D eigenvalue weighted by Gasteiger charge is 2.32. The van der Waals surface area contributed by atoms with Crippen LogP contribution in [0.15, 0.2) is 0 Å². The fourth-order valence-electron chi connectivity index (χ4n) is 2.49. The van der Waals surface area contributed by atoms with Gasteiger partial charge in [0.05, 0.1) is 0 Å². The summed E-state index contributed by atoms with van der Waals surface area (Å²) in [4.78, 5) is 2.41. The van der Waals surface area contributed by atoms with E-state index in [-0.39, 0.29) is 5.21 Å². The number of sulfonamides is 1. The van der Waals surface area contributed by atoms with Gasteiger partial charge in [0.25, 0.3) is 0 Å². The third kappa shape index (κ3) is 2.46. The van der Waals surface area contributed by atoms with Gasteiger partial charge in [0, 0.05) is 19.1 Å². The van der Waals surface area contributed by atoms with Gasteiger partial charge < -0.3 is 0 Å². The van der Waals surface area contributed by atoms with Crippen molar-refractivity contribution in [2.75, 3.05) is 31.4 Å². The molecule has 2 fully saturated rings. The SMILES string of the molecule is O=S(=O)(CCl)N1CCCN2CCCC2C1. The van der Waals surface area contributed by atoms with Crippen LogP contribution in [0.3, 0.4) is 0 Å². The molecule has 4 nitrogen and oxygen atoms in total. The molecule has 15 heavy (non-hydrogen) atoms. The molecule has 0 aliphatic carbocycles. The van der Waals surface area contributed by atoms with Crippen LogP contribution in [0.4, 0.5) is 0 Å². The summed E-state index contributed by atoms with van der Waals surface area (Å²) >= 11 is 5.48. The van der Waals surface area contributed by atoms with Gasteiger partial charge in [-0.05, 0) is 32.4 Å². The quantitative estimate of drug-likeness (QED) is 0.679. The maximum Gasteiger partial charge on any atom is 0.228 e. The molecule has 1 unspecified atom stereocenters. The first kappa shape index (κ1) is 11.6. The predicted molar refractivity (Wildman–Crippen MR) is 60.4 cm³/mol. The molecule has 0 amide bonds. The van der Waals surface area contributed by atoms with E-state index in [1.807, 2.05) is 0 Å². The van der Waals surface area contributed by atoms with Crippen molar-refractivity contribution >= 4 is 21.6 Å². The van der Waals surface area contributed by atoms with Crippen molar-refractivity contribution in [3.63, 3.8) is 0 Å². The minimum absolute atomic E-state index is 0.292. The number of alkyl halides is 1. The second-order valence-electron chi connectivity index (χ2n) is 4.26. The standard InChI is InChI=1S/C9H17ClN2O2S/c10-8-15(13,14)12-6-2-5-11-4-1-3-9(11)7-12/h9H,1-8H2. The van der Waals surface area contributed by atoms with Crippen LogP contribution in [0.1, 0.15) is 19.3 Å². The molecule has 0 aromatic rings. The molecule has 0 saturated carbocycles. The summed E-state index contributed by atoms with van der Waals surface area (Å²) in [6.07, 6.45) is 3.24. The molecule has 2 aliphatic heterocycles. The van der Waals surface area contributed by atoms with E-state index in [0.29, 0.717) is 19.1 Å². The first-order chi connectivity index (χ1) is 7.13. The van der Waals surface area contributed by atoms with Gasteiger partial charge in [-0.15, -0.1) is 11.6 Å². The van der Waals surface area contributed by atoms with Crippen LogP contribution in [0.2, 0.25) is 0 Å². The van der Waals surface area contributed by atoms with Gasteiger partial charge in [-0.1, -0.05) is 0 Å². The number of hydrogen-bond acceptors (Lipinski definition) is 3. The normalized spacial score (nSPS) is 30.1. The monoisotopic (exact) mass is 252 g/mol. The van der Waals surface area contributed by atoms with E-state index >= 15 is 0 Å². The van der Waals surface area contributed by atoms with Crippen molar-refractivity contribution in [3.05, 3.63) is 0 Å². The minimum atomic E-state index is -3.21. The molecule has 0 radical (unpaired) electrons. The predicted octanol–water partition coefficient (Wildman–Crippen LogP) is 0.683. The molecule has 88 valence electrons. The summed E-state index contributed by atoms with van der Waals surface area (Å²) in [5.74, 6) is 0. The van der Waals surface area contributed by atoms with Gasteiger partial charge in [-0.25, -0.2) is 8.42 Å². The number of nitrogens with zero attached hydrogens (tertiary/aromatic N) is 2. The fourth-order valence-corrected chi connectivity index (χ4v) is 3.85. The third-order valence-electron chi connectivity index (χ3n) is 3.30. The topological polar surface area (TPSA) is 40.6 Å². The zero-order valence-corrected chi connectivity index (χ0v) is 10.3. The zero-order valence-electron chi connectivity index (χ0n) is 8.73. The average molecular weight is 253 g/mol. The van der Waals surface area contributed by atoms with E-state index in [0.717, 1.165) is 25.9 Å². The van der Waals surface area contributed by atoms with E-state index < -0.39 is 10.0 Å². The molecule has 2 heterocycles. The lowest BCUT2D eigenvalue weighted by Crippen LogP contribution is -2.39. The van der Waals surface area contributed by atoms with Crippen molar-refractivity contribution < 1.29 is 8.42 Å². The molecular formula is C9H17ClN2O2S. The van der Waals surface area contributed by atoms with Gasteiger partial charge >= 0.3 is 0 Å². The second kappa shape index (κ2) is 4.57. The van der Waals surface area contributed by atoms with Gasteiger partial charge in [-0.2, -0.15) is 4.31 Å². The fraction of sp³-hybridized carbons (Fsp3) is 1.00. The van der Waals surface area contributed by atoms with Crippen molar-refractivity contribution in [3.8, 4) is 0 Å². The Kier molecular flexibility index (Phi) is 3.55. The molecule has 0 spiro atoms. The smallest absolute Gasteiger partial charge is 0.228 e. The molecule has 0 aromatic heterocycles. The van der Waals surface area contributed by atoms with E-state index in [4.69, 9.17) is 11.6 Å². The van der Waals surface area contributed by atoms with Crippen LogP contribution in [-0.4, -0.2) is 55.1 Å². The van der Waals surface area contributed by atoms with Crippen molar-refractivity contribution in [1.29, 1.82) is 0 Å². The first-order valence-electron chi connectivity index (χ1n) is 5.41. The number of halogens is 1. The van der Waals surface area contributed by atoms with Gasteiger partial charge in [0.1, 0.15) is 5.21 Å². The number of hydrogen-bond donors (Lipinski definition) is 0. The Bertz CT molecular complexity index is 320. The van der Waals surface area contributed by atoms with Crippen LogP contribution in [0.5, 0.6) is 0 Å². The zero-order chi connectivity index (χ0) is 10.9. The Hall–Kier alpha value is 0.160. The number of fused-ring (bicyclic) bond motifs is 1. The molecule has 2 saturated heterocycles. The minimum Gasteiger partial charge on any atom is -0.299 e. The molecule has 0 aromatic carbocycles. The van der Waals surface area contributed by atoms with E-state index in [1.54, 1.807) is 4.31 Å². The van der Waals surface area contributed by atoms with Crippen LogP contribution in [0, 0.1) is 0 Å². The molecule has 0 N–H and O–H groups in total.